The summed E-state index contributed by atoms with van der Waals surface area (Å²) in [5.74, 6) is 0. The van der Waals surface area contributed by atoms with E-state index in [9.17, 15) is 15.3 Å². The zero-order chi connectivity index (χ0) is 18.5. The summed E-state index contributed by atoms with van der Waals surface area (Å²) >= 11 is 5.95. The van der Waals surface area contributed by atoms with Crippen molar-refractivity contribution in [1.29, 1.82) is 10.5 Å². The van der Waals surface area contributed by atoms with Crippen LogP contribution in [0, 0.1) is 22.7 Å². The average Bonchev–Trinajstić information content (AvgIpc) is 2.67. The molecule has 1 heterocycles. The maximum Gasteiger partial charge on any atom is 0.199 e. The van der Waals surface area contributed by atoms with Gasteiger partial charge in [-0.05, 0) is 29.8 Å². The van der Waals surface area contributed by atoms with Crippen LogP contribution in [-0.2, 0) is 0 Å². The van der Waals surface area contributed by atoms with Gasteiger partial charge in [-0.2, -0.15) is 10.5 Å². The van der Waals surface area contributed by atoms with Crippen LogP contribution < -0.4 is 5.43 Å². The number of halogens is 1. The summed E-state index contributed by atoms with van der Waals surface area (Å²) in [4.78, 5) is 12.6. The first-order valence-corrected chi connectivity index (χ1v) is 8.01. The molecule has 0 saturated heterocycles. The maximum atomic E-state index is 12.6. The third-order valence-electron chi connectivity index (χ3n) is 3.77. The van der Waals surface area contributed by atoms with Gasteiger partial charge in [0.25, 0.3) is 0 Å². The normalized spacial score (nSPS) is 10.4. The first kappa shape index (κ1) is 17.2. The lowest BCUT2D eigenvalue weighted by atomic mass is 10.00. The molecule has 1 aromatic heterocycles. The van der Waals surface area contributed by atoms with Crippen molar-refractivity contribution in [2.75, 3.05) is 0 Å². The molecule has 0 atom stereocenters. The van der Waals surface area contributed by atoms with E-state index in [1.165, 1.54) is 12.3 Å². The second-order valence-corrected chi connectivity index (χ2v) is 5.81. The molecule has 0 spiro atoms. The second-order valence-electron chi connectivity index (χ2n) is 5.37. The molecule has 0 bridgehead atoms. The Morgan fingerprint density at radius 1 is 1.08 bits per heavy atom. The number of fused-ring (bicyclic) bond motifs is 1. The molecule has 0 aliphatic rings. The highest BCUT2D eigenvalue weighted by Gasteiger charge is 2.08. The first-order valence-electron chi connectivity index (χ1n) is 7.63. The van der Waals surface area contributed by atoms with Crippen molar-refractivity contribution < 1.29 is 4.42 Å². The molecule has 2 aromatic carbocycles. The van der Waals surface area contributed by atoms with E-state index in [2.05, 4.69) is 0 Å². The van der Waals surface area contributed by atoms with Gasteiger partial charge in [-0.1, -0.05) is 48.0 Å². The summed E-state index contributed by atoms with van der Waals surface area (Å²) in [6.07, 6.45) is 4.44. The van der Waals surface area contributed by atoms with E-state index in [4.69, 9.17) is 16.0 Å². The summed E-state index contributed by atoms with van der Waals surface area (Å²) in [5, 5.41) is 19.2. The number of hydrogen-bond acceptors (Lipinski definition) is 4. The fraction of sp³-hybridized carbons (Fsp3) is 0. The van der Waals surface area contributed by atoms with Crippen molar-refractivity contribution in [3.8, 4) is 12.1 Å². The molecule has 3 aromatic rings. The Morgan fingerprint density at radius 2 is 1.81 bits per heavy atom. The summed E-state index contributed by atoms with van der Waals surface area (Å²) in [6, 6.07) is 17.6. The van der Waals surface area contributed by atoms with Crippen molar-refractivity contribution >= 4 is 34.2 Å². The van der Waals surface area contributed by atoms with Crippen LogP contribution in [0.4, 0.5) is 0 Å². The molecule has 0 N–H and O–H groups in total. The predicted octanol–water partition coefficient (Wildman–Crippen LogP) is 4.96. The SMILES string of the molecule is N#CC(C#N)=C(/C=C/c1coc2ccc(Cl)cc2c1=O)c1ccccc1. The van der Waals surface area contributed by atoms with Gasteiger partial charge < -0.3 is 4.42 Å². The molecule has 0 saturated carbocycles. The van der Waals surface area contributed by atoms with E-state index in [1.807, 2.05) is 30.3 Å². The predicted molar refractivity (Wildman–Crippen MR) is 101 cm³/mol. The number of benzene rings is 2. The zero-order valence-electron chi connectivity index (χ0n) is 13.4. The molecule has 0 unspecified atom stereocenters. The number of rotatable bonds is 3. The Labute approximate surface area is 154 Å². The summed E-state index contributed by atoms with van der Waals surface area (Å²) in [6.45, 7) is 0. The lowest BCUT2D eigenvalue weighted by molar-refractivity contribution is 0.601. The van der Waals surface area contributed by atoms with Crippen LogP contribution in [-0.4, -0.2) is 0 Å². The summed E-state index contributed by atoms with van der Waals surface area (Å²) < 4.78 is 5.47. The Balaban J connectivity index is 2.13. The standard InChI is InChI=1S/C21H11ClN2O2/c22-17-7-9-20-19(10-17)21(25)15(13-26-20)6-8-18(16(11-23)12-24)14-4-2-1-3-5-14/h1-10,13H/b8-6+. The van der Waals surface area contributed by atoms with Gasteiger partial charge in [0.15, 0.2) is 5.43 Å². The van der Waals surface area contributed by atoms with Crippen LogP contribution in [0.3, 0.4) is 0 Å². The summed E-state index contributed by atoms with van der Waals surface area (Å²) in [5.41, 5.74) is 1.58. The van der Waals surface area contributed by atoms with Gasteiger partial charge in [-0.25, -0.2) is 0 Å². The minimum Gasteiger partial charge on any atom is -0.463 e. The van der Waals surface area contributed by atoms with Gasteiger partial charge in [0.05, 0.1) is 10.9 Å². The van der Waals surface area contributed by atoms with Crippen LogP contribution >= 0.6 is 11.6 Å². The van der Waals surface area contributed by atoms with Crippen LogP contribution in [0.25, 0.3) is 22.6 Å². The van der Waals surface area contributed by atoms with Crippen molar-refractivity contribution in [1.82, 2.24) is 0 Å². The number of allylic oxidation sites excluding steroid dienone is 3. The lowest BCUT2D eigenvalue weighted by Gasteiger charge is -2.03. The van der Waals surface area contributed by atoms with E-state index in [0.717, 1.165) is 0 Å². The molecule has 0 amide bonds. The van der Waals surface area contributed by atoms with Crippen molar-refractivity contribution in [2.45, 2.75) is 0 Å². The van der Waals surface area contributed by atoms with Crippen molar-refractivity contribution in [3.63, 3.8) is 0 Å². The highest BCUT2D eigenvalue weighted by Crippen LogP contribution is 2.22. The van der Waals surface area contributed by atoms with Gasteiger partial charge in [-0.15, -0.1) is 0 Å². The molecule has 124 valence electrons. The molecular formula is C21H11ClN2O2. The fourth-order valence-electron chi connectivity index (χ4n) is 2.49. The second kappa shape index (κ2) is 7.53. The molecule has 26 heavy (non-hydrogen) atoms. The number of hydrogen-bond donors (Lipinski definition) is 0. The lowest BCUT2D eigenvalue weighted by Crippen LogP contribution is -2.04. The number of nitriles is 2. The van der Waals surface area contributed by atoms with E-state index < -0.39 is 0 Å². The fourth-order valence-corrected chi connectivity index (χ4v) is 2.67. The molecule has 0 aliphatic heterocycles. The van der Waals surface area contributed by atoms with E-state index in [1.54, 1.807) is 36.4 Å². The topological polar surface area (TPSA) is 77.8 Å². The Bertz CT molecular complexity index is 1160. The molecule has 4 nitrogen and oxygen atoms in total. The first-order chi connectivity index (χ1) is 12.6. The smallest absolute Gasteiger partial charge is 0.199 e. The van der Waals surface area contributed by atoms with Gasteiger partial charge in [-0.3, -0.25) is 4.79 Å². The minimum atomic E-state index is -0.243. The minimum absolute atomic E-state index is 0.0410. The Hall–Kier alpha value is -3.60. The largest absolute Gasteiger partial charge is 0.463 e. The maximum absolute atomic E-state index is 12.6. The molecule has 0 fully saturated rings. The van der Waals surface area contributed by atoms with Crippen molar-refractivity contribution in [3.05, 3.63) is 92.8 Å². The van der Waals surface area contributed by atoms with Crippen LogP contribution in [0.2, 0.25) is 5.02 Å². The molecule has 0 aliphatic carbocycles. The quantitative estimate of drug-likeness (QED) is 0.489. The average molecular weight is 359 g/mol. The van der Waals surface area contributed by atoms with E-state index in [-0.39, 0.29) is 11.0 Å². The third-order valence-corrected chi connectivity index (χ3v) is 4.00. The number of nitrogens with zero attached hydrogens (tertiary/aromatic N) is 2. The Morgan fingerprint density at radius 3 is 2.50 bits per heavy atom. The van der Waals surface area contributed by atoms with Gasteiger partial charge in [0.1, 0.15) is 29.6 Å². The highest BCUT2D eigenvalue weighted by atomic mass is 35.5. The monoisotopic (exact) mass is 358 g/mol. The molecule has 0 radical (unpaired) electrons. The van der Waals surface area contributed by atoms with Gasteiger partial charge >= 0.3 is 0 Å². The van der Waals surface area contributed by atoms with Crippen LogP contribution in [0.15, 0.2) is 75.7 Å². The van der Waals surface area contributed by atoms with E-state index >= 15 is 0 Å². The highest BCUT2D eigenvalue weighted by molar-refractivity contribution is 6.31. The van der Waals surface area contributed by atoms with Crippen LogP contribution in [0.1, 0.15) is 11.1 Å². The van der Waals surface area contributed by atoms with Crippen LogP contribution in [0.5, 0.6) is 0 Å². The van der Waals surface area contributed by atoms with Crippen molar-refractivity contribution in [2.24, 2.45) is 0 Å². The third kappa shape index (κ3) is 3.42. The Kier molecular flexibility index (Phi) is 4.99. The molecule has 3 rings (SSSR count). The van der Waals surface area contributed by atoms with E-state index in [0.29, 0.717) is 32.7 Å². The zero-order valence-corrected chi connectivity index (χ0v) is 14.2. The molecule has 5 heteroatoms. The van der Waals surface area contributed by atoms with Gasteiger partial charge in [0, 0.05) is 10.6 Å². The molecular weight excluding hydrogens is 348 g/mol. The summed E-state index contributed by atoms with van der Waals surface area (Å²) in [7, 11) is 0. The van der Waals surface area contributed by atoms with Gasteiger partial charge in [0.2, 0.25) is 0 Å².